The normalized spacial score (nSPS) is 27.0. The van der Waals surface area contributed by atoms with Gasteiger partial charge in [-0.15, -0.1) is 0 Å². The van der Waals surface area contributed by atoms with Crippen LogP contribution in [0.5, 0.6) is 0 Å². The Morgan fingerprint density at radius 2 is 2.29 bits per heavy atom. The monoisotopic (exact) mass is 234 g/mol. The van der Waals surface area contributed by atoms with Crippen molar-refractivity contribution in [3.05, 3.63) is 24.0 Å². The van der Waals surface area contributed by atoms with Gasteiger partial charge in [0.2, 0.25) is 0 Å². The first-order chi connectivity index (χ1) is 8.34. The topological polar surface area (TPSA) is 17.4 Å². The molecule has 1 saturated heterocycles. The molecule has 1 aromatic heterocycles. The minimum atomic E-state index is 0.462. The highest BCUT2D eigenvalue weighted by Crippen LogP contribution is 2.31. The fourth-order valence-electron chi connectivity index (χ4n) is 2.96. The van der Waals surface area contributed by atoms with E-state index in [0.717, 1.165) is 25.7 Å². The van der Waals surface area contributed by atoms with Crippen molar-refractivity contribution >= 4 is 0 Å². The first-order valence-electron chi connectivity index (χ1n) is 6.77. The molecule has 1 aliphatic heterocycles. The van der Waals surface area contributed by atoms with Crippen LogP contribution >= 0.6 is 0 Å². The van der Waals surface area contributed by atoms with Crippen LogP contribution < -0.4 is 0 Å². The molecular formula is C14H22N2O. The van der Waals surface area contributed by atoms with Gasteiger partial charge in [0.05, 0.1) is 19.3 Å². The maximum Gasteiger partial charge on any atom is 0.0738 e. The van der Waals surface area contributed by atoms with E-state index in [0.29, 0.717) is 6.04 Å². The second-order valence-electron chi connectivity index (χ2n) is 5.43. The van der Waals surface area contributed by atoms with Crippen molar-refractivity contribution < 1.29 is 4.74 Å². The molecule has 0 amide bonds. The quantitative estimate of drug-likeness (QED) is 0.797. The minimum absolute atomic E-state index is 0.462. The maximum absolute atomic E-state index is 5.67. The molecule has 3 nitrogen and oxygen atoms in total. The van der Waals surface area contributed by atoms with Gasteiger partial charge in [-0.25, -0.2) is 0 Å². The summed E-state index contributed by atoms with van der Waals surface area (Å²) < 4.78 is 7.90. The summed E-state index contributed by atoms with van der Waals surface area (Å²) in [6.07, 6.45) is 6.42. The molecule has 1 unspecified atom stereocenters. The summed E-state index contributed by atoms with van der Waals surface area (Å²) in [5.74, 6) is 0.941. The van der Waals surface area contributed by atoms with Gasteiger partial charge in [0.25, 0.3) is 0 Å². The molecule has 0 spiro atoms. The Bertz CT molecular complexity index is 370. The summed E-state index contributed by atoms with van der Waals surface area (Å²) >= 11 is 0. The molecule has 2 fully saturated rings. The molecule has 3 heteroatoms. The van der Waals surface area contributed by atoms with Gasteiger partial charge < -0.3 is 9.30 Å². The predicted molar refractivity (Wildman–Crippen MR) is 67.9 cm³/mol. The summed E-state index contributed by atoms with van der Waals surface area (Å²) in [5.41, 5.74) is 1.39. The highest BCUT2D eigenvalue weighted by Gasteiger charge is 2.29. The van der Waals surface area contributed by atoms with Crippen LogP contribution in [-0.2, 0) is 11.8 Å². The van der Waals surface area contributed by atoms with Crippen LogP contribution in [-0.4, -0.2) is 35.8 Å². The molecule has 1 atom stereocenters. The zero-order valence-corrected chi connectivity index (χ0v) is 10.6. The third-order valence-electron chi connectivity index (χ3n) is 4.28. The summed E-state index contributed by atoms with van der Waals surface area (Å²) in [4.78, 5) is 2.63. The second kappa shape index (κ2) is 4.83. The first-order valence-corrected chi connectivity index (χ1v) is 6.77. The van der Waals surface area contributed by atoms with Crippen LogP contribution in [0.1, 0.15) is 31.0 Å². The molecule has 1 saturated carbocycles. The Kier molecular flexibility index (Phi) is 3.21. The standard InChI is InChI=1S/C14H22N2O/c1-15-7-3-6-13(15)14-11-17-9-8-16(14)10-12-4-2-5-12/h3,6-7,12,14H,2,4-5,8-11H2,1H3. The van der Waals surface area contributed by atoms with E-state index in [2.05, 4.69) is 34.8 Å². The Morgan fingerprint density at radius 1 is 1.41 bits per heavy atom. The molecule has 0 bridgehead atoms. The molecule has 1 aromatic rings. The molecule has 2 aliphatic rings. The van der Waals surface area contributed by atoms with E-state index >= 15 is 0 Å². The van der Waals surface area contributed by atoms with Crippen molar-refractivity contribution in [3.63, 3.8) is 0 Å². The second-order valence-corrected chi connectivity index (χ2v) is 5.43. The van der Waals surface area contributed by atoms with Crippen LogP contribution in [0.2, 0.25) is 0 Å². The number of nitrogens with zero attached hydrogens (tertiary/aromatic N) is 2. The van der Waals surface area contributed by atoms with Crippen molar-refractivity contribution in [1.29, 1.82) is 0 Å². The lowest BCUT2D eigenvalue weighted by molar-refractivity contribution is -0.0233. The van der Waals surface area contributed by atoms with Crippen molar-refractivity contribution in [2.45, 2.75) is 25.3 Å². The molecule has 3 rings (SSSR count). The van der Waals surface area contributed by atoms with E-state index in [4.69, 9.17) is 4.74 Å². The SMILES string of the molecule is Cn1cccc1C1COCCN1CC1CCC1. The Balaban J connectivity index is 1.72. The van der Waals surface area contributed by atoms with Gasteiger partial charge in [0.1, 0.15) is 0 Å². The smallest absolute Gasteiger partial charge is 0.0738 e. The highest BCUT2D eigenvalue weighted by molar-refractivity contribution is 5.12. The molecule has 0 N–H and O–H groups in total. The molecular weight excluding hydrogens is 212 g/mol. The van der Waals surface area contributed by atoms with Crippen LogP contribution in [0.15, 0.2) is 18.3 Å². The van der Waals surface area contributed by atoms with Gasteiger partial charge in [-0.2, -0.15) is 0 Å². The summed E-state index contributed by atoms with van der Waals surface area (Å²) in [6, 6.07) is 4.82. The van der Waals surface area contributed by atoms with Gasteiger partial charge in [-0.1, -0.05) is 6.42 Å². The van der Waals surface area contributed by atoms with Crippen molar-refractivity contribution in [1.82, 2.24) is 9.47 Å². The number of hydrogen-bond acceptors (Lipinski definition) is 2. The summed E-state index contributed by atoms with van der Waals surface area (Å²) in [5, 5.41) is 0. The minimum Gasteiger partial charge on any atom is -0.378 e. The lowest BCUT2D eigenvalue weighted by Crippen LogP contribution is -2.43. The van der Waals surface area contributed by atoms with Crippen LogP contribution in [0.4, 0.5) is 0 Å². The van der Waals surface area contributed by atoms with Gasteiger partial charge >= 0.3 is 0 Å². The molecule has 1 aliphatic carbocycles. The number of rotatable bonds is 3. The van der Waals surface area contributed by atoms with Crippen molar-refractivity contribution in [2.24, 2.45) is 13.0 Å². The van der Waals surface area contributed by atoms with E-state index in [1.54, 1.807) is 0 Å². The van der Waals surface area contributed by atoms with E-state index in [1.165, 1.54) is 31.5 Å². The number of aromatic nitrogens is 1. The average Bonchev–Trinajstić information content (AvgIpc) is 2.70. The van der Waals surface area contributed by atoms with Gasteiger partial charge in [-0.3, -0.25) is 4.90 Å². The lowest BCUT2D eigenvalue weighted by Gasteiger charge is -2.40. The fraction of sp³-hybridized carbons (Fsp3) is 0.714. The highest BCUT2D eigenvalue weighted by atomic mass is 16.5. The first kappa shape index (κ1) is 11.3. The molecule has 17 heavy (non-hydrogen) atoms. The lowest BCUT2D eigenvalue weighted by atomic mass is 9.84. The Labute approximate surface area is 103 Å². The van der Waals surface area contributed by atoms with Gasteiger partial charge in [0.15, 0.2) is 0 Å². The van der Waals surface area contributed by atoms with Crippen molar-refractivity contribution in [3.8, 4) is 0 Å². The molecule has 0 aromatic carbocycles. The van der Waals surface area contributed by atoms with E-state index < -0.39 is 0 Å². The van der Waals surface area contributed by atoms with Crippen LogP contribution in [0.25, 0.3) is 0 Å². The Hall–Kier alpha value is -0.800. The number of ether oxygens (including phenoxy) is 1. The zero-order chi connectivity index (χ0) is 11.7. The largest absolute Gasteiger partial charge is 0.378 e. The third-order valence-corrected chi connectivity index (χ3v) is 4.28. The fourth-order valence-corrected chi connectivity index (χ4v) is 2.96. The number of aryl methyl sites for hydroxylation is 1. The van der Waals surface area contributed by atoms with E-state index in [1.807, 2.05) is 0 Å². The van der Waals surface area contributed by atoms with Gasteiger partial charge in [0, 0.05) is 32.0 Å². The average molecular weight is 234 g/mol. The third kappa shape index (κ3) is 2.26. The Morgan fingerprint density at radius 3 is 2.94 bits per heavy atom. The van der Waals surface area contributed by atoms with Crippen LogP contribution in [0.3, 0.4) is 0 Å². The predicted octanol–water partition coefficient (Wildman–Crippen LogP) is 2.20. The molecule has 2 heterocycles. The zero-order valence-electron chi connectivity index (χ0n) is 10.6. The van der Waals surface area contributed by atoms with Crippen molar-refractivity contribution in [2.75, 3.05) is 26.3 Å². The number of morpholine rings is 1. The summed E-state index contributed by atoms with van der Waals surface area (Å²) in [6.45, 7) is 4.10. The summed E-state index contributed by atoms with van der Waals surface area (Å²) in [7, 11) is 2.13. The van der Waals surface area contributed by atoms with Gasteiger partial charge in [-0.05, 0) is 30.9 Å². The molecule has 94 valence electrons. The molecule has 0 radical (unpaired) electrons. The maximum atomic E-state index is 5.67. The number of hydrogen-bond donors (Lipinski definition) is 0. The van der Waals surface area contributed by atoms with E-state index in [9.17, 15) is 0 Å². The van der Waals surface area contributed by atoms with Crippen LogP contribution in [0, 0.1) is 5.92 Å². The van der Waals surface area contributed by atoms with E-state index in [-0.39, 0.29) is 0 Å².